The molecule has 3 rings (SSSR count). The molecule has 0 bridgehead atoms. The Morgan fingerprint density at radius 1 is 1.15 bits per heavy atom. The van der Waals surface area contributed by atoms with Gasteiger partial charge in [0, 0.05) is 22.6 Å². The number of aryl methyl sites for hydroxylation is 1. The zero-order chi connectivity index (χ0) is 14.1. The lowest BCUT2D eigenvalue weighted by Gasteiger charge is -2.19. The molecule has 4 nitrogen and oxygen atoms in total. The minimum Gasteiger partial charge on any atom is -0.455 e. The standard InChI is InChI=1S/C15H13BrN2O2/c16-10-2-4-11(5-3-10)20-14-8-13-9(7-12(14)17)1-6-15(19)18-13/h2-5,7-8H,1,6,17H2,(H,18,19). The second-order valence-corrected chi connectivity index (χ2v) is 5.57. The maximum atomic E-state index is 11.4. The van der Waals surface area contributed by atoms with Gasteiger partial charge in [0.1, 0.15) is 5.75 Å². The first-order valence-electron chi connectivity index (χ1n) is 6.27. The number of nitrogen functional groups attached to an aromatic ring is 1. The highest BCUT2D eigenvalue weighted by atomic mass is 79.9. The fourth-order valence-electron chi connectivity index (χ4n) is 2.15. The van der Waals surface area contributed by atoms with Gasteiger partial charge in [-0.05, 0) is 42.3 Å². The van der Waals surface area contributed by atoms with Crippen LogP contribution in [0.2, 0.25) is 0 Å². The van der Waals surface area contributed by atoms with Crippen molar-refractivity contribution in [2.24, 2.45) is 0 Å². The minimum absolute atomic E-state index is 0.0249. The van der Waals surface area contributed by atoms with Gasteiger partial charge in [-0.1, -0.05) is 15.9 Å². The zero-order valence-corrected chi connectivity index (χ0v) is 12.2. The molecule has 0 atom stereocenters. The van der Waals surface area contributed by atoms with Gasteiger partial charge in [0.15, 0.2) is 5.75 Å². The number of amides is 1. The molecule has 3 N–H and O–H groups in total. The van der Waals surface area contributed by atoms with Crippen molar-refractivity contribution >= 4 is 33.2 Å². The number of hydrogen-bond donors (Lipinski definition) is 2. The van der Waals surface area contributed by atoms with Gasteiger partial charge in [-0.2, -0.15) is 0 Å². The Morgan fingerprint density at radius 3 is 2.65 bits per heavy atom. The highest BCUT2D eigenvalue weighted by molar-refractivity contribution is 9.10. The second kappa shape index (κ2) is 5.17. The number of halogens is 1. The molecule has 0 saturated carbocycles. The van der Waals surface area contributed by atoms with E-state index in [-0.39, 0.29) is 5.91 Å². The van der Waals surface area contributed by atoms with E-state index in [9.17, 15) is 4.79 Å². The number of carbonyl (C=O) groups is 1. The van der Waals surface area contributed by atoms with Crippen molar-refractivity contribution < 1.29 is 9.53 Å². The average Bonchev–Trinajstić information content (AvgIpc) is 2.42. The number of carbonyl (C=O) groups excluding carboxylic acids is 1. The molecule has 102 valence electrons. The number of rotatable bonds is 2. The Bertz CT molecular complexity index is 668. The van der Waals surface area contributed by atoms with E-state index in [1.165, 1.54) is 0 Å². The van der Waals surface area contributed by atoms with Crippen LogP contribution in [0.1, 0.15) is 12.0 Å². The number of nitrogens with two attached hydrogens (primary N) is 1. The van der Waals surface area contributed by atoms with Crippen molar-refractivity contribution in [1.82, 2.24) is 0 Å². The Morgan fingerprint density at radius 2 is 1.90 bits per heavy atom. The lowest BCUT2D eigenvalue weighted by atomic mass is 10.0. The minimum atomic E-state index is 0.0249. The molecule has 0 aliphatic carbocycles. The predicted molar refractivity (Wildman–Crippen MR) is 82.0 cm³/mol. The molecule has 0 aromatic heterocycles. The predicted octanol–water partition coefficient (Wildman–Crippen LogP) is 3.71. The van der Waals surface area contributed by atoms with E-state index < -0.39 is 0 Å². The molecule has 20 heavy (non-hydrogen) atoms. The number of anilines is 2. The number of nitrogens with one attached hydrogen (secondary N) is 1. The first-order chi connectivity index (χ1) is 9.61. The van der Waals surface area contributed by atoms with Crippen LogP contribution in [0, 0.1) is 0 Å². The fourth-order valence-corrected chi connectivity index (χ4v) is 2.41. The summed E-state index contributed by atoms with van der Waals surface area (Å²) in [5, 5.41) is 2.84. The second-order valence-electron chi connectivity index (χ2n) is 4.65. The normalized spacial score (nSPS) is 13.6. The van der Waals surface area contributed by atoms with Gasteiger partial charge in [-0.3, -0.25) is 4.79 Å². The third kappa shape index (κ3) is 2.63. The Labute approximate surface area is 125 Å². The van der Waals surface area contributed by atoms with Crippen LogP contribution in [0.4, 0.5) is 11.4 Å². The molecular weight excluding hydrogens is 320 g/mol. The van der Waals surface area contributed by atoms with Crippen LogP contribution in [0.5, 0.6) is 11.5 Å². The summed E-state index contributed by atoms with van der Waals surface area (Å²) in [6, 6.07) is 11.1. The maximum Gasteiger partial charge on any atom is 0.224 e. The van der Waals surface area contributed by atoms with Crippen LogP contribution in [0.15, 0.2) is 40.9 Å². The summed E-state index contributed by atoms with van der Waals surface area (Å²) >= 11 is 3.37. The highest BCUT2D eigenvalue weighted by Gasteiger charge is 2.17. The van der Waals surface area contributed by atoms with E-state index in [0.717, 1.165) is 15.7 Å². The van der Waals surface area contributed by atoms with Gasteiger partial charge >= 0.3 is 0 Å². The SMILES string of the molecule is Nc1cc2c(cc1Oc1ccc(Br)cc1)NC(=O)CC2. The first-order valence-corrected chi connectivity index (χ1v) is 7.07. The number of benzene rings is 2. The largest absolute Gasteiger partial charge is 0.455 e. The van der Waals surface area contributed by atoms with Crippen LogP contribution in [-0.2, 0) is 11.2 Å². The molecule has 0 radical (unpaired) electrons. The lowest BCUT2D eigenvalue weighted by Crippen LogP contribution is -2.19. The summed E-state index contributed by atoms with van der Waals surface area (Å²) in [6.45, 7) is 0. The van der Waals surface area contributed by atoms with Crippen molar-refractivity contribution in [3.8, 4) is 11.5 Å². The van der Waals surface area contributed by atoms with Gasteiger partial charge in [-0.15, -0.1) is 0 Å². The van der Waals surface area contributed by atoms with Gasteiger partial charge < -0.3 is 15.8 Å². The summed E-state index contributed by atoms with van der Waals surface area (Å²) in [4.78, 5) is 11.4. The van der Waals surface area contributed by atoms with E-state index >= 15 is 0 Å². The van der Waals surface area contributed by atoms with E-state index in [2.05, 4.69) is 21.2 Å². The molecule has 0 fully saturated rings. The van der Waals surface area contributed by atoms with Gasteiger partial charge in [0.2, 0.25) is 5.91 Å². The molecule has 1 amide bonds. The Kier molecular flexibility index (Phi) is 3.36. The van der Waals surface area contributed by atoms with Crippen LogP contribution in [0.25, 0.3) is 0 Å². The van der Waals surface area contributed by atoms with E-state index in [1.54, 1.807) is 6.07 Å². The molecule has 0 spiro atoms. The summed E-state index contributed by atoms with van der Waals surface area (Å²) in [6.07, 6.45) is 1.21. The summed E-state index contributed by atoms with van der Waals surface area (Å²) < 4.78 is 6.75. The maximum absolute atomic E-state index is 11.4. The van der Waals surface area contributed by atoms with Crippen LogP contribution in [0.3, 0.4) is 0 Å². The number of ether oxygens (including phenoxy) is 1. The number of hydrogen-bond acceptors (Lipinski definition) is 3. The smallest absolute Gasteiger partial charge is 0.224 e. The van der Waals surface area contributed by atoms with Crippen LogP contribution in [-0.4, -0.2) is 5.91 Å². The van der Waals surface area contributed by atoms with Crippen molar-refractivity contribution in [2.75, 3.05) is 11.1 Å². The third-order valence-corrected chi connectivity index (χ3v) is 3.70. The average molecular weight is 333 g/mol. The first kappa shape index (κ1) is 13.0. The molecule has 2 aromatic carbocycles. The Hall–Kier alpha value is -2.01. The molecular formula is C15H13BrN2O2. The summed E-state index contributed by atoms with van der Waals surface area (Å²) in [7, 11) is 0. The molecule has 5 heteroatoms. The van der Waals surface area contributed by atoms with E-state index in [0.29, 0.717) is 30.0 Å². The lowest BCUT2D eigenvalue weighted by molar-refractivity contribution is -0.116. The monoisotopic (exact) mass is 332 g/mol. The molecule has 1 aliphatic rings. The van der Waals surface area contributed by atoms with Gasteiger partial charge in [0.25, 0.3) is 0 Å². The molecule has 0 saturated heterocycles. The third-order valence-electron chi connectivity index (χ3n) is 3.17. The van der Waals surface area contributed by atoms with E-state index in [4.69, 9.17) is 10.5 Å². The van der Waals surface area contributed by atoms with Gasteiger partial charge in [-0.25, -0.2) is 0 Å². The van der Waals surface area contributed by atoms with Crippen LogP contribution < -0.4 is 15.8 Å². The molecule has 0 unspecified atom stereocenters. The number of fused-ring (bicyclic) bond motifs is 1. The quantitative estimate of drug-likeness (QED) is 0.824. The topological polar surface area (TPSA) is 64.3 Å². The van der Waals surface area contributed by atoms with Gasteiger partial charge in [0.05, 0.1) is 5.69 Å². The fraction of sp³-hybridized carbons (Fsp3) is 0.133. The van der Waals surface area contributed by atoms with Crippen molar-refractivity contribution in [3.63, 3.8) is 0 Å². The van der Waals surface area contributed by atoms with Crippen molar-refractivity contribution in [2.45, 2.75) is 12.8 Å². The van der Waals surface area contributed by atoms with E-state index in [1.807, 2.05) is 30.3 Å². The summed E-state index contributed by atoms with van der Waals surface area (Å²) in [5.41, 5.74) is 8.41. The van der Waals surface area contributed by atoms with Crippen molar-refractivity contribution in [1.29, 1.82) is 0 Å². The Balaban J connectivity index is 1.91. The highest BCUT2D eigenvalue weighted by Crippen LogP contribution is 2.35. The summed E-state index contributed by atoms with van der Waals surface area (Å²) in [5.74, 6) is 1.27. The van der Waals surface area contributed by atoms with Crippen LogP contribution >= 0.6 is 15.9 Å². The zero-order valence-electron chi connectivity index (χ0n) is 10.7. The van der Waals surface area contributed by atoms with Crippen molar-refractivity contribution in [3.05, 3.63) is 46.4 Å². The molecule has 1 heterocycles. The molecule has 1 aliphatic heterocycles. The molecule has 2 aromatic rings.